The molecule has 36 heavy (non-hydrogen) atoms. The molecule has 2 aliphatic rings. The van der Waals surface area contributed by atoms with Crippen LogP contribution in [0, 0.1) is 6.92 Å². The zero-order chi connectivity index (χ0) is 24.9. The number of fused-ring (bicyclic) bond motifs is 1. The van der Waals surface area contributed by atoms with Gasteiger partial charge in [-0.15, -0.1) is 0 Å². The molecule has 1 fully saturated rings. The summed E-state index contributed by atoms with van der Waals surface area (Å²) in [6, 6.07) is 13.4. The average molecular weight is 483 g/mol. The first-order valence-corrected chi connectivity index (χ1v) is 12.8. The Bertz CT molecular complexity index is 1420. The van der Waals surface area contributed by atoms with Crippen molar-refractivity contribution in [3.63, 3.8) is 0 Å². The van der Waals surface area contributed by atoms with E-state index in [9.17, 15) is 9.59 Å². The minimum absolute atomic E-state index is 0. The van der Waals surface area contributed by atoms with E-state index in [1.54, 1.807) is 6.07 Å². The molecule has 0 radical (unpaired) electrons. The number of para-hydroxylation sites is 1. The van der Waals surface area contributed by atoms with Gasteiger partial charge in [-0.2, -0.15) is 0 Å². The number of nitrogens with one attached hydrogen (secondary N) is 1. The second-order valence-electron chi connectivity index (χ2n) is 9.44. The van der Waals surface area contributed by atoms with Crippen LogP contribution in [0.3, 0.4) is 0 Å². The van der Waals surface area contributed by atoms with E-state index < -0.39 is 0 Å². The number of carbonyl (C=O) groups excluding carboxylic acids is 1. The van der Waals surface area contributed by atoms with Gasteiger partial charge >= 0.3 is 0 Å². The van der Waals surface area contributed by atoms with Crippen molar-refractivity contribution in [2.45, 2.75) is 45.4 Å². The van der Waals surface area contributed by atoms with E-state index in [1.165, 1.54) is 6.42 Å². The van der Waals surface area contributed by atoms with Crippen molar-refractivity contribution in [1.29, 1.82) is 0 Å². The van der Waals surface area contributed by atoms with E-state index >= 15 is 0 Å². The summed E-state index contributed by atoms with van der Waals surface area (Å²) in [5.74, 6) is 0.817. The van der Waals surface area contributed by atoms with Gasteiger partial charge in [0, 0.05) is 44.1 Å². The summed E-state index contributed by atoms with van der Waals surface area (Å²) >= 11 is 0. The molecule has 1 aliphatic heterocycles. The fraction of sp³-hybridized carbons (Fsp3) is 0.300. The summed E-state index contributed by atoms with van der Waals surface area (Å²) < 4.78 is 2.01. The van der Waals surface area contributed by atoms with Crippen LogP contribution in [-0.4, -0.2) is 33.4 Å². The summed E-state index contributed by atoms with van der Waals surface area (Å²) in [7, 11) is 0. The third-order valence-electron chi connectivity index (χ3n) is 6.76. The lowest BCUT2D eigenvalue weighted by Gasteiger charge is -2.26. The van der Waals surface area contributed by atoms with Crippen LogP contribution in [0.1, 0.15) is 44.8 Å². The van der Waals surface area contributed by atoms with Gasteiger partial charge in [-0.3, -0.25) is 14.2 Å². The van der Waals surface area contributed by atoms with Gasteiger partial charge < -0.3 is 10.2 Å². The number of nitrogens with zero attached hydrogens (tertiary/aromatic N) is 3. The number of aromatic nitrogens is 2. The normalized spacial score (nSPS) is 15.6. The van der Waals surface area contributed by atoms with Crippen LogP contribution in [0.15, 0.2) is 77.6 Å². The van der Waals surface area contributed by atoms with E-state index in [-0.39, 0.29) is 12.8 Å². The number of amides is 1. The van der Waals surface area contributed by atoms with Crippen LogP contribution < -0.4 is 10.7 Å². The van der Waals surface area contributed by atoms with Crippen LogP contribution in [0.5, 0.6) is 0 Å². The van der Waals surface area contributed by atoms with Gasteiger partial charge in [-0.05, 0) is 74.9 Å². The van der Waals surface area contributed by atoms with Crippen LogP contribution >= 0.6 is 0 Å². The van der Waals surface area contributed by atoms with Crippen molar-refractivity contribution in [3.8, 4) is 0 Å². The number of hydrogen-bond donors (Lipinski definition) is 1. The molecule has 6 nitrogen and oxygen atoms in total. The van der Waals surface area contributed by atoms with Gasteiger partial charge in [0.1, 0.15) is 5.82 Å². The van der Waals surface area contributed by atoms with Crippen LogP contribution in [0.4, 0.5) is 11.5 Å². The Morgan fingerprint density at radius 2 is 1.89 bits per heavy atom. The number of pyridine rings is 2. The van der Waals surface area contributed by atoms with Crippen molar-refractivity contribution in [2.24, 2.45) is 0 Å². The maximum Gasteiger partial charge on any atom is 0.222 e. The van der Waals surface area contributed by atoms with Gasteiger partial charge in [0.15, 0.2) is 11.1 Å². The molecule has 1 aromatic carbocycles. The first-order valence-electron chi connectivity index (χ1n) is 12.8. The van der Waals surface area contributed by atoms with Gasteiger partial charge in [-0.1, -0.05) is 36.4 Å². The number of hydrogen-bond acceptors (Lipinski definition) is 4. The SMILES string of the molecule is Cc1cc(CCC(=O)N2CCCCC2)c2c(=O)cc(Nc3ccccc3)n(C3=CC=CCC=C3)c2n1.[HH]. The Morgan fingerprint density at radius 1 is 1.08 bits per heavy atom. The molecule has 3 aromatic rings. The first-order chi connectivity index (χ1) is 17.6. The lowest BCUT2D eigenvalue weighted by Crippen LogP contribution is -2.35. The summed E-state index contributed by atoms with van der Waals surface area (Å²) in [5, 5.41) is 4.00. The maximum atomic E-state index is 13.5. The zero-order valence-electron chi connectivity index (χ0n) is 20.7. The van der Waals surface area contributed by atoms with E-state index in [2.05, 4.69) is 23.5 Å². The fourth-order valence-electron chi connectivity index (χ4n) is 5.01. The third kappa shape index (κ3) is 5.18. The molecule has 1 amide bonds. The summed E-state index contributed by atoms with van der Waals surface area (Å²) in [6.45, 7) is 3.62. The highest BCUT2D eigenvalue weighted by Gasteiger charge is 2.20. The minimum atomic E-state index is -0.0960. The molecule has 3 heterocycles. The van der Waals surface area contributed by atoms with Crippen molar-refractivity contribution in [2.75, 3.05) is 18.4 Å². The number of anilines is 2. The third-order valence-corrected chi connectivity index (χ3v) is 6.76. The number of rotatable bonds is 6. The van der Waals surface area contributed by atoms with E-state index in [0.717, 1.165) is 55.0 Å². The standard InChI is InChI=1S/C30H32N4O2.H2/c1-22-20-23(16-17-28(36)33-18-10-5-11-19-33)29-26(35)21-27(32-24-12-6-4-7-13-24)34(30(29)31-22)25-14-8-2-3-9-15-25;/h2,4,6-9,12-15,20-21,32H,3,5,10-11,16-19H2,1H3;1H. The molecule has 0 spiro atoms. The molecule has 1 saturated heterocycles. The van der Waals surface area contributed by atoms with Crippen LogP contribution in [-0.2, 0) is 11.2 Å². The van der Waals surface area contributed by atoms with Crippen molar-refractivity contribution in [1.82, 2.24) is 14.5 Å². The largest absolute Gasteiger partial charge is 0.343 e. The number of aryl methyl sites for hydroxylation is 2. The van der Waals surface area contributed by atoms with Crippen LogP contribution in [0.2, 0.25) is 0 Å². The molecule has 6 heteroatoms. The van der Waals surface area contributed by atoms with Crippen molar-refractivity contribution < 1.29 is 6.22 Å². The molecular weight excluding hydrogens is 448 g/mol. The molecule has 1 N–H and O–H groups in total. The zero-order valence-corrected chi connectivity index (χ0v) is 20.7. The number of allylic oxidation sites excluding steroid dienone is 6. The average Bonchev–Trinajstić information content (AvgIpc) is 3.17. The molecular formula is C30H34N4O2. The summed E-state index contributed by atoms with van der Waals surface area (Å²) in [5.41, 5.74) is 4.01. The van der Waals surface area contributed by atoms with Gasteiger partial charge in [-0.25, -0.2) is 4.98 Å². The molecule has 0 unspecified atom stereocenters. The van der Waals surface area contributed by atoms with Crippen molar-refractivity contribution >= 4 is 34.1 Å². The fourth-order valence-corrected chi connectivity index (χ4v) is 5.01. The maximum absolute atomic E-state index is 13.5. The molecule has 0 saturated carbocycles. The van der Waals surface area contributed by atoms with Crippen molar-refractivity contribution in [3.05, 3.63) is 94.3 Å². The highest BCUT2D eigenvalue weighted by atomic mass is 16.2. The number of benzene rings is 1. The number of piperidine rings is 1. The predicted molar refractivity (Wildman–Crippen MR) is 149 cm³/mol. The second kappa shape index (κ2) is 10.8. The minimum Gasteiger partial charge on any atom is -0.343 e. The second-order valence-corrected chi connectivity index (χ2v) is 9.44. The van der Waals surface area contributed by atoms with Crippen LogP contribution in [0.25, 0.3) is 16.7 Å². The molecule has 186 valence electrons. The topological polar surface area (TPSA) is 67.2 Å². The Morgan fingerprint density at radius 3 is 2.69 bits per heavy atom. The van der Waals surface area contributed by atoms with Gasteiger partial charge in [0.05, 0.1) is 5.39 Å². The summed E-state index contributed by atoms with van der Waals surface area (Å²) in [4.78, 5) is 33.2. The monoisotopic (exact) mass is 482 g/mol. The lowest BCUT2D eigenvalue weighted by molar-refractivity contribution is -0.132. The smallest absolute Gasteiger partial charge is 0.222 e. The van der Waals surface area contributed by atoms with E-state index in [4.69, 9.17) is 4.98 Å². The quantitative estimate of drug-likeness (QED) is 0.468. The lowest BCUT2D eigenvalue weighted by atomic mass is 10.0. The molecule has 1 aliphatic carbocycles. The van der Waals surface area contributed by atoms with E-state index in [0.29, 0.717) is 29.7 Å². The molecule has 0 atom stereocenters. The highest BCUT2D eigenvalue weighted by Crippen LogP contribution is 2.28. The van der Waals surface area contributed by atoms with Gasteiger partial charge in [0.2, 0.25) is 5.91 Å². The Hall–Kier alpha value is -3.93. The Labute approximate surface area is 213 Å². The van der Waals surface area contributed by atoms with E-state index in [1.807, 2.05) is 64.9 Å². The first kappa shape index (κ1) is 23.8. The summed E-state index contributed by atoms with van der Waals surface area (Å²) in [6.07, 6.45) is 15.4. The number of likely N-dealkylation sites (tertiary alicyclic amines) is 1. The van der Waals surface area contributed by atoms with Gasteiger partial charge in [0.25, 0.3) is 0 Å². The molecule has 2 aromatic heterocycles. The molecule has 5 rings (SSSR count). The predicted octanol–water partition coefficient (Wildman–Crippen LogP) is 6.00. The Kier molecular flexibility index (Phi) is 7.12. The molecule has 0 bridgehead atoms. The Balaban J connectivity index is 0.00000320. The number of carbonyl (C=O) groups is 1. The highest BCUT2D eigenvalue weighted by molar-refractivity contribution is 5.88.